The van der Waals surface area contributed by atoms with Crippen LogP contribution in [0.3, 0.4) is 0 Å². The van der Waals surface area contributed by atoms with Gasteiger partial charge in [-0.2, -0.15) is 5.10 Å². The highest BCUT2D eigenvalue weighted by Gasteiger charge is 2.31. The minimum atomic E-state index is -0.325. The number of nitrogens with zero attached hydrogens (tertiary/aromatic N) is 2. The summed E-state index contributed by atoms with van der Waals surface area (Å²) < 4.78 is 1.87. The number of primary amides is 1. The average molecular weight is 356 g/mol. The van der Waals surface area contributed by atoms with Crippen LogP contribution in [0.15, 0.2) is 12.3 Å². The smallest absolute Gasteiger partial charge is 0.272 e. The van der Waals surface area contributed by atoms with Crippen molar-refractivity contribution in [3.05, 3.63) is 18.0 Å². The van der Waals surface area contributed by atoms with Crippen molar-refractivity contribution < 1.29 is 9.59 Å². The van der Waals surface area contributed by atoms with Crippen molar-refractivity contribution in [1.82, 2.24) is 20.4 Å². The summed E-state index contributed by atoms with van der Waals surface area (Å²) >= 11 is 0. The van der Waals surface area contributed by atoms with Crippen LogP contribution in [0.4, 0.5) is 0 Å². The summed E-state index contributed by atoms with van der Waals surface area (Å²) in [5.41, 5.74) is 5.86. The number of nitrogens with two attached hydrogens (primary N) is 1. The molecule has 134 valence electrons. The third-order valence-electron chi connectivity index (χ3n) is 4.93. The normalized spacial score (nSPS) is 27.1. The summed E-state index contributed by atoms with van der Waals surface area (Å²) in [5, 5.41) is 10.7. The van der Waals surface area contributed by atoms with E-state index in [0.717, 1.165) is 51.6 Å². The van der Waals surface area contributed by atoms with Crippen molar-refractivity contribution in [3.63, 3.8) is 0 Å². The predicted molar refractivity (Wildman–Crippen MR) is 93.0 cm³/mol. The van der Waals surface area contributed by atoms with Crippen LogP contribution in [0.2, 0.25) is 0 Å². The van der Waals surface area contributed by atoms with E-state index < -0.39 is 0 Å². The van der Waals surface area contributed by atoms with Gasteiger partial charge >= 0.3 is 0 Å². The molecule has 3 rings (SSSR count). The van der Waals surface area contributed by atoms with E-state index in [1.165, 1.54) is 0 Å². The van der Waals surface area contributed by atoms with E-state index in [2.05, 4.69) is 15.7 Å². The first-order valence-corrected chi connectivity index (χ1v) is 8.51. The molecule has 2 amide bonds. The van der Waals surface area contributed by atoms with E-state index in [1.54, 1.807) is 6.07 Å². The Morgan fingerprint density at radius 3 is 2.75 bits per heavy atom. The molecule has 0 spiro atoms. The van der Waals surface area contributed by atoms with Crippen molar-refractivity contribution in [3.8, 4) is 0 Å². The molecule has 1 aromatic heterocycles. The quantitative estimate of drug-likeness (QED) is 0.749. The van der Waals surface area contributed by atoms with E-state index in [1.807, 2.05) is 10.9 Å². The second-order valence-electron chi connectivity index (χ2n) is 6.55. The Morgan fingerprint density at radius 1 is 1.25 bits per heavy atom. The maximum atomic E-state index is 12.4. The summed E-state index contributed by atoms with van der Waals surface area (Å²) in [4.78, 5) is 24.0. The molecule has 1 aliphatic carbocycles. The van der Waals surface area contributed by atoms with Crippen LogP contribution in [0.1, 0.15) is 55.1 Å². The number of halogens is 1. The molecule has 0 bridgehead atoms. The molecule has 2 aliphatic rings. The number of amides is 2. The highest BCUT2D eigenvalue weighted by atomic mass is 35.5. The van der Waals surface area contributed by atoms with Crippen LogP contribution in [0.5, 0.6) is 0 Å². The lowest BCUT2D eigenvalue weighted by Gasteiger charge is -2.29. The molecule has 0 aromatic carbocycles. The van der Waals surface area contributed by atoms with E-state index in [-0.39, 0.29) is 36.2 Å². The molecule has 1 aromatic rings. The number of carbonyl (C=O) groups excluding carboxylic acids is 2. The summed E-state index contributed by atoms with van der Waals surface area (Å²) in [6, 6.07) is 1.88. The summed E-state index contributed by atoms with van der Waals surface area (Å²) in [7, 11) is 0. The van der Waals surface area contributed by atoms with Crippen LogP contribution in [0, 0.1) is 5.92 Å². The zero-order chi connectivity index (χ0) is 16.2. The monoisotopic (exact) mass is 355 g/mol. The number of hydrogen-bond acceptors (Lipinski definition) is 4. The van der Waals surface area contributed by atoms with Gasteiger partial charge in [-0.3, -0.25) is 14.3 Å². The highest BCUT2D eigenvalue weighted by Crippen LogP contribution is 2.24. The van der Waals surface area contributed by atoms with Gasteiger partial charge in [-0.25, -0.2) is 0 Å². The van der Waals surface area contributed by atoms with Gasteiger partial charge in [0.2, 0.25) is 5.91 Å². The van der Waals surface area contributed by atoms with Gasteiger partial charge in [-0.1, -0.05) is 12.8 Å². The number of nitrogens with one attached hydrogen (secondary N) is 2. The van der Waals surface area contributed by atoms with E-state index >= 15 is 0 Å². The zero-order valence-electron chi connectivity index (χ0n) is 13.7. The third kappa shape index (κ3) is 4.27. The molecule has 7 nitrogen and oxygen atoms in total. The fraction of sp³-hybridized carbons (Fsp3) is 0.688. The maximum Gasteiger partial charge on any atom is 0.272 e. The molecule has 2 heterocycles. The maximum absolute atomic E-state index is 12.4. The lowest BCUT2D eigenvalue weighted by atomic mass is 9.84. The molecule has 8 heteroatoms. The second kappa shape index (κ2) is 8.48. The first kappa shape index (κ1) is 18.7. The first-order valence-electron chi connectivity index (χ1n) is 8.51. The number of piperidine rings is 1. The number of aromatic nitrogens is 2. The van der Waals surface area contributed by atoms with Gasteiger partial charge in [-0.15, -0.1) is 12.4 Å². The topological polar surface area (TPSA) is 102 Å². The Bertz CT molecular complexity index is 571. The van der Waals surface area contributed by atoms with Gasteiger partial charge in [0.15, 0.2) is 0 Å². The number of hydrogen-bond donors (Lipinski definition) is 3. The molecular formula is C16H26ClN5O2. The molecule has 0 radical (unpaired) electrons. The average Bonchev–Trinajstić information content (AvgIpc) is 3.06. The molecule has 2 fully saturated rings. The predicted octanol–water partition coefficient (Wildman–Crippen LogP) is 1.00. The van der Waals surface area contributed by atoms with Gasteiger partial charge < -0.3 is 16.4 Å². The molecular weight excluding hydrogens is 330 g/mol. The fourth-order valence-corrected chi connectivity index (χ4v) is 3.61. The third-order valence-corrected chi connectivity index (χ3v) is 4.93. The van der Waals surface area contributed by atoms with Gasteiger partial charge in [0.05, 0.1) is 12.0 Å². The van der Waals surface area contributed by atoms with E-state index in [9.17, 15) is 9.59 Å². The minimum Gasteiger partial charge on any atom is -0.369 e. The van der Waals surface area contributed by atoms with Crippen molar-refractivity contribution in [2.75, 3.05) is 13.1 Å². The number of rotatable bonds is 4. The Labute approximate surface area is 148 Å². The van der Waals surface area contributed by atoms with E-state index in [4.69, 9.17) is 5.73 Å². The van der Waals surface area contributed by atoms with Crippen LogP contribution >= 0.6 is 12.4 Å². The Morgan fingerprint density at radius 2 is 2.04 bits per heavy atom. The molecule has 4 N–H and O–H groups in total. The second-order valence-corrected chi connectivity index (χ2v) is 6.55. The molecule has 1 saturated carbocycles. The lowest BCUT2D eigenvalue weighted by molar-refractivity contribution is -0.123. The largest absolute Gasteiger partial charge is 0.369 e. The first-order chi connectivity index (χ1) is 11.1. The van der Waals surface area contributed by atoms with Crippen LogP contribution < -0.4 is 16.4 Å². The SMILES string of the molecule is Cl.NC(=O)C1CCCCC1NC(=O)c1ccn(C2CCCNC2)n1. The van der Waals surface area contributed by atoms with Crippen LogP contribution in [0.25, 0.3) is 0 Å². The van der Waals surface area contributed by atoms with Gasteiger partial charge in [0.1, 0.15) is 5.69 Å². The van der Waals surface area contributed by atoms with E-state index in [0.29, 0.717) is 11.7 Å². The summed E-state index contributed by atoms with van der Waals surface area (Å²) in [6.45, 7) is 1.93. The minimum absolute atomic E-state index is 0. The van der Waals surface area contributed by atoms with Gasteiger partial charge in [0.25, 0.3) is 5.91 Å². The van der Waals surface area contributed by atoms with Crippen molar-refractivity contribution in [1.29, 1.82) is 0 Å². The standard InChI is InChI=1S/C16H25N5O2.ClH/c17-15(22)12-5-1-2-6-13(12)19-16(23)14-7-9-21(20-14)11-4-3-8-18-10-11;/h7,9,11-13,18H,1-6,8,10H2,(H2,17,22)(H,19,23);1H. The Kier molecular flexibility index (Phi) is 6.62. The van der Waals surface area contributed by atoms with Crippen molar-refractivity contribution in [2.24, 2.45) is 11.7 Å². The van der Waals surface area contributed by atoms with Gasteiger partial charge in [0, 0.05) is 18.8 Å². The molecule has 3 unspecified atom stereocenters. The summed E-state index contributed by atoms with van der Waals surface area (Å²) in [6.07, 6.45) is 7.60. The van der Waals surface area contributed by atoms with Gasteiger partial charge in [-0.05, 0) is 38.3 Å². The molecule has 1 saturated heterocycles. The Balaban J connectivity index is 0.00000208. The zero-order valence-corrected chi connectivity index (χ0v) is 14.6. The van der Waals surface area contributed by atoms with Crippen molar-refractivity contribution in [2.45, 2.75) is 50.6 Å². The van der Waals surface area contributed by atoms with Crippen LogP contribution in [-0.4, -0.2) is 40.7 Å². The number of carbonyl (C=O) groups is 2. The van der Waals surface area contributed by atoms with Crippen molar-refractivity contribution >= 4 is 24.2 Å². The highest BCUT2D eigenvalue weighted by molar-refractivity contribution is 5.92. The fourth-order valence-electron chi connectivity index (χ4n) is 3.61. The summed E-state index contributed by atoms with van der Waals surface area (Å²) in [5.74, 6) is -0.809. The van der Waals surface area contributed by atoms with Crippen LogP contribution in [-0.2, 0) is 4.79 Å². The molecule has 3 atom stereocenters. The Hall–Kier alpha value is -1.60. The lowest BCUT2D eigenvalue weighted by Crippen LogP contribution is -2.47. The molecule has 24 heavy (non-hydrogen) atoms. The molecule has 1 aliphatic heterocycles.